The number of carbonyl (C=O) groups is 3. The molecule has 1 aromatic carbocycles. The van der Waals surface area contributed by atoms with Crippen molar-refractivity contribution < 1.29 is 32.7 Å². The monoisotopic (exact) mass is 480 g/mol. The van der Waals surface area contributed by atoms with Crippen molar-refractivity contribution in [1.29, 1.82) is 0 Å². The Kier molecular flexibility index (Phi) is 8.52. The van der Waals surface area contributed by atoms with E-state index in [9.17, 15) is 22.8 Å². The molecule has 0 saturated heterocycles. The standard InChI is InChI=1S/C23H30N2O2.C2HF3O2/c24-23(18-6-1-2-7-18)21(26)15-19(16-9-10-16)11-12-22(27)25-14-13-17-5-3-4-8-20(17)25;3-2(4,5)1(6)7/h3-5,8,11-12,16,18-19,23H,1-2,6-7,9-10,13-15,24H2;(H,6,7)/b12-11+;/t19-,23-;/m0./s1. The molecule has 1 aromatic rings. The SMILES string of the molecule is N[C@H](C(=O)C[C@H](/C=C/C(=O)N1CCc2ccccc21)C1CC1)C1CCCC1.O=C(O)C(F)(F)F. The lowest BCUT2D eigenvalue weighted by Crippen LogP contribution is -2.38. The van der Waals surface area contributed by atoms with Crippen molar-refractivity contribution in [3.63, 3.8) is 0 Å². The first-order valence-electron chi connectivity index (χ1n) is 11.7. The van der Waals surface area contributed by atoms with Crippen LogP contribution in [0.2, 0.25) is 0 Å². The highest BCUT2D eigenvalue weighted by atomic mass is 19.4. The number of fused-ring (bicyclic) bond motifs is 1. The first-order chi connectivity index (χ1) is 16.1. The van der Waals surface area contributed by atoms with Crippen molar-refractivity contribution in [1.82, 2.24) is 0 Å². The summed E-state index contributed by atoms with van der Waals surface area (Å²) < 4.78 is 31.7. The molecule has 0 spiro atoms. The predicted octanol–water partition coefficient (Wildman–Crippen LogP) is 4.27. The number of rotatable bonds is 7. The molecule has 3 aliphatic rings. The van der Waals surface area contributed by atoms with Gasteiger partial charge in [-0.3, -0.25) is 9.59 Å². The maximum atomic E-state index is 12.7. The lowest BCUT2D eigenvalue weighted by atomic mass is 9.88. The van der Waals surface area contributed by atoms with Gasteiger partial charge >= 0.3 is 12.1 Å². The molecule has 1 heterocycles. The summed E-state index contributed by atoms with van der Waals surface area (Å²) in [5, 5.41) is 7.12. The minimum Gasteiger partial charge on any atom is -0.475 e. The fraction of sp³-hybridized carbons (Fsp3) is 0.560. The molecule has 186 valence electrons. The number of carboxylic acid groups (broad SMARTS) is 1. The van der Waals surface area contributed by atoms with E-state index in [1.54, 1.807) is 6.08 Å². The smallest absolute Gasteiger partial charge is 0.475 e. The average molecular weight is 481 g/mol. The minimum atomic E-state index is -5.08. The number of ketones is 1. The van der Waals surface area contributed by atoms with E-state index in [0.29, 0.717) is 18.3 Å². The molecule has 0 radical (unpaired) electrons. The molecule has 2 atom stereocenters. The zero-order chi connectivity index (χ0) is 24.9. The Labute approximate surface area is 197 Å². The summed E-state index contributed by atoms with van der Waals surface area (Å²) in [6, 6.07) is 7.78. The second-order valence-corrected chi connectivity index (χ2v) is 9.27. The van der Waals surface area contributed by atoms with Gasteiger partial charge < -0.3 is 15.7 Å². The number of para-hydroxylation sites is 1. The Morgan fingerprint density at radius 3 is 2.29 bits per heavy atom. The molecular formula is C25H31F3N2O4. The Morgan fingerprint density at radius 2 is 1.71 bits per heavy atom. The topological polar surface area (TPSA) is 101 Å². The number of hydrogen-bond acceptors (Lipinski definition) is 4. The first kappa shape index (κ1) is 25.9. The molecule has 2 aliphatic carbocycles. The van der Waals surface area contributed by atoms with Gasteiger partial charge in [-0.05, 0) is 67.6 Å². The van der Waals surface area contributed by atoms with Crippen LogP contribution >= 0.6 is 0 Å². The second kappa shape index (κ2) is 11.2. The van der Waals surface area contributed by atoms with E-state index in [0.717, 1.165) is 44.3 Å². The molecular weight excluding hydrogens is 449 g/mol. The molecule has 2 saturated carbocycles. The number of alkyl halides is 3. The first-order valence-corrected chi connectivity index (χ1v) is 11.7. The molecule has 6 nitrogen and oxygen atoms in total. The van der Waals surface area contributed by atoms with E-state index in [1.165, 1.54) is 18.4 Å². The van der Waals surface area contributed by atoms with Crippen molar-refractivity contribution in [2.24, 2.45) is 23.5 Å². The third kappa shape index (κ3) is 6.91. The summed E-state index contributed by atoms with van der Waals surface area (Å²) in [5.41, 5.74) is 8.51. The lowest BCUT2D eigenvalue weighted by molar-refractivity contribution is -0.192. The largest absolute Gasteiger partial charge is 0.490 e. The summed E-state index contributed by atoms with van der Waals surface area (Å²) in [5.74, 6) is -1.48. The fourth-order valence-electron chi connectivity index (χ4n) is 4.73. The Hall–Kier alpha value is -2.68. The third-order valence-electron chi connectivity index (χ3n) is 6.83. The molecule has 1 aliphatic heterocycles. The van der Waals surface area contributed by atoms with Crippen molar-refractivity contribution in [3.8, 4) is 0 Å². The summed E-state index contributed by atoms with van der Waals surface area (Å²) in [4.78, 5) is 36.1. The number of carbonyl (C=O) groups excluding carboxylic acids is 2. The van der Waals surface area contributed by atoms with E-state index in [1.807, 2.05) is 29.2 Å². The molecule has 4 rings (SSSR count). The van der Waals surface area contributed by atoms with Crippen LogP contribution in [0.3, 0.4) is 0 Å². The predicted molar refractivity (Wildman–Crippen MR) is 121 cm³/mol. The van der Waals surface area contributed by atoms with E-state index < -0.39 is 12.1 Å². The number of amides is 1. The van der Waals surface area contributed by atoms with Gasteiger partial charge in [-0.15, -0.1) is 0 Å². The zero-order valence-electron chi connectivity index (χ0n) is 19.0. The van der Waals surface area contributed by atoms with Crippen LogP contribution in [0.1, 0.15) is 50.5 Å². The molecule has 1 amide bonds. The van der Waals surface area contributed by atoms with Gasteiger partial charge in [0.1, 0.15) is 5.78 Å². The highest BCUT2D eigenvalue weighted by Gasteiger charge is 2.38. The number of benzene rings is 1. The van der Waals surface area contributed by atoms with Crippen LogP contribution in [0, 0.1) is 17.8 Å². The van der Waals surface area contributed by atoms with E-state index >= 15 is 0 Å². The molecule has 34 heavy (non-hydrogen) atoms. The molecule has 2 fully saturated rings. The second-order valence-electron chi connectivity index (χ2n) is 9.27. The summed E-state index contributed by atoms with van der Waals surface area (Å²) in [6.07, 6.45) is 6.88. The van der Waals surface area contributed by atoms with Gasteiger partial charge in [0, 0.05) is 18.7 Å². The molecule has 9 heteroatoms. The molecule has 0 bridgehead atoms. The Morgan fingerprint density at radius 1 is 1.09 bits per heavy atom. The molecule has 0 unspecified atom stereocenters. The number of allylic oxidation sites excluding steroid dienone is 1. The quantitative estimate of drug-likeness (QED) is 0.568. The maximum absolute atomic E-state index is 12.7. The average Bonchev–Trinajstić information content (AvgIpc) is 3.32. The number of hydrogen-bond donors (Lipinski definition) is 2. The number of anilines is 1. The number of Topliss-reactive ketones (excluding diaryl/α,β-unsaturated/α-hetero) is 1. The van der Waals surface area contributed by atoms with Gasteiger partial charge in [0.15, 0.2) is 0 Å². The fourth-order valence-corrected chi connectivity index (χ4v) is 4.73. The lowest BCUT2D eigenvalue weighted by Gasteiger charge is -2.20. The Balaban J connectivity index is 0.000000406. The van der Waals surface area contributed by atoms with E-state index in [2.05, 4.69) is 6.07 Å². The number of nitrogens with zero attached hydrogens (tertiary/aromatic N) is 1. The van der Waals surface area contributed by atoms with Crippen LogP contribution in [0.25, 0.3) is 0 Å². The van der Waals surface area contributed by atoms with E-state index in [-0.39, 0.29) is 23.7 Å². The van der Waals surface area contributed by atoms with Crippen LogP contribution in [-0.4, -0.2) is 41.5 Å². The minimum absolute atomic E-state index is 0.0261. The number of nitrogens with two attached hydrogens (primary N) is 1. The van der Waals surface area contributed by atoms with Crippen LogP contribution in [-0.2, 0) is 20.8 Å². The van der Waals surface area contributed by atoms with Gasteiger partial charge in [0.25, 0.3) is 5.91 Å². The maximum Gasteiger partial charge on any atom is 0.490 e. The van der Waals surface area contributed by atoms with Crippen molar-refractivity contribution in [2.45, 2.75) is 63.6 Å². The van der Waals surface area contributed by atoms with Crippen LogP contribution < -0.4 is 10.6 Å². The summed E-state index contributed by atoms with van der Waals surface area (Å²) in [7, 11) is 0. The van der Waals surface area contributed by atoms with Crippen LogP contribution in [0.5, 0.6) is 0 Å². The normalized spacial score (nSPS) is 19.9. The summed E-state index contributed by atoms with van der Waals surface area (Å²) in [6.45, 7) is 0.738. The van der Waals surface area contributed by atoms with Gasteiger partial charge in [0.05, 0.1) is 6.04 Å². The van der Waals surface area contributed by atoms with Crippen LogP contribution in [0.15, 0.2) is 36.4 Å². The van der Waals surface area contributed by atoms with Gasteiger partial charge in [-0.25, -0.2) is 4.79 Å². The number of carboxylic acids is 1. The Bertz CT molecular complexity index is 921. The molecule has 3 N–H and O–H groups in total. The molecule has 0 aromatic heterocycles. The van der Waals surface area contributed by atoms with Gasteiger partial charge in [-0.1, -0.05) is 37.1 Å². The zero-order valence-corrected chi connectivity index (χ0v) is 19.0. The number of aliphatic carboxylic acids is 1. The highest BCUT2D eigenvalue weighted by molar-refractivity contribution is 6.03. The third-order valence-corrected chi connectivity index (χ3v) is 6.83. The van der Waals surface area contributed by atoms with Gasteiger partial charge in [0.2, 0.25) is 0 Å². The van der Waals surface area contributed by atoms with Crippen molar-refractivity contribution >= 4 is 23.3 Å². The summed E-state index contributed by atoms with van der Waals surface area (Å²) >= 11 is 0. The van der Waals surface area contributed by atoms with Gasteiger partial charge in [-0.2, -0.15) is 13.2 Å². The van der Waals surface area contributed by atoms with Crippen molar-refractivity contribution in [2.75, 3.05) is 11.4 Å². The highest BCUT2D eigenvalue weighted by Crippen LogP contribution is 2.40. The number of halogens is 3. The van der Waals surface area contributed by atoms with E-state index in [4.69, 9.17) is 15.6 Å². The van der Waals surface area contributed by atoms with Crippen molar-refractivity contribution in [3.05, 3.63) is 42.0 Å². The van der Waals surface area contributed by atoms with Crippen LogP contribution in [0.4, 0.5) is 18.9 Å².